The highest BCUT2D eigenvalue weighted by Gasteiger charge is 2.17. The van der Waals surface area contributed by atoms with Crippen molar-refractivity contribution in [3.63, 3.8) is 0 Å². The zero-order valence-corrected chi connectivity index (χ0v) is 17.1. The van der Waals surface area contributed by atoms with E-state index in [-0.39, 0.29) is 16.5 Å². The van der Waals surface area contributed by atoms with E-state index in [4.69, 9.17) is 0 Å². The topological polar surface area (TPSA) is 0 Å². The van der Waals surface area contributed by atoms with Gasteiger partial charge in [0.25, 0.3) is 0 Å². The largest absolute Gasteiger partial charge is 0.206 e. The van der Waals surface area contributed by atoms with Gasteiger partial charge >= 0.3 is 0 Å². The van der Waals surface area contributed by atoms with Crippen molar-refractivity contribution < 1.29 is 13.2 Å². The molecule has 0 saturated carbocycles. The highest BCUT2D eigenvalue weighted by molar-refractivity contribution is 5.91. The average Bonchev–Trinajstić information content (AvgIpc) is 2.77. The molecule has 0 unspecified atom stereocenters. The summed E-state index contributed by atoms with van der Waals surface area (Å²) in [5, 5.41) is 0.957. The molecule has 0 saturated heterocycles. The van der Waals surface area contributed by atoms with Crippen LogP contribution >= 0.6 is 0 Å². The summed E-state index contributed by atoms with van der Waals surface area (Å²) in [6.45, 7) is 5.64. The van der Waals surface area contributed by atoms with E-state index in [0.717, 1.165) is 36.8 Å². The van der Waals surface area contributed by atoms with Gasteiger partial charge in [-0.25, -0.2) is 13.2 Å². The lowest BCUT2D eigenvalue weighted by molar-refractivity contribution is 0.622. The van der Waals surface area contributed by atoms with Crippen LogP contribution in [0.3, 0.4) is 0 Å². The third kappa shape index (κ3) is 4.91. The molecule has 0 atom stereocenters. The molecule has 0 nitrogen and oxygen atoms in total. The highest BCUT2D eigenvalue weighted by atomic mass is 19.2. The Bertz CT molecular complexity index is 1090. The van der Waals surface area contributed by atoms with Gasteiger partial charge in [0.15, 0.2) is 11.7 Å². The molecule has 3 aromatic rings. The monoisotopic (exact) mass is 406 g/mol. The summed E-state index contributed by atoms with van der Waals surface area (Å²) in [4.78, 5) is 0. The number of hydrogen-bond acceptors (Lipinski definition) is 0. The maximum absolute atomic E-state index is 15.0. The Kier molecular flexibility index (Phi) is 7.29. The Morgan fingerprint density at radius 2 is 1.57 bits per heavy atom. The molecule has 0 aliphatic carbocycles. The molecular weight excluding hydrogens is 381 g/mol. The maximum atomic E-state index is 15.0. The van der Waals surface area contributed by atoms with Crippen LogP contribution in [0.15, 0.2) is 79.4 Å². The summed E-state index contributed by atoms with van der Waals surface area (Å²) in [5.74, 6) is -3.00. The molecule has 0 amide bonds. The van der Waals surface area contributed by atoms with Gasteiger partial charge in [0, 0.05) is 16.5 Å². The van der Waals surface area contributed by atoms with Gasteiger partial charge in [-0.2, -0.15) is 0 Å². The number of rotatable bonds is 8. The number of halogens is 3. The third-order valence-electron chi connectivity index (χ3n) is 5.13. The fourth-order valence-electron chi connectivity index (χ4n) is 3.41. The van der Waals surface area contributed by atoms with Crippen molar-refractivity contribution in [2.24, 2.45) is 0 Å². The van der Waals surface area contributed by atoms with Gasteiger partial charge in [0.2, 0.25) is 0 Å². The van der Waals surface area contributed by atoms with E-state index in [1.54, 1.807) is 24.3 Å². The molecule has 30 heavy (non-hydrogen) atoms. The molecule has 3 heteroatoms. The SMILES string of the molecule is C=CCCc1ccc(C(F)=C(F)c2ccc3cc(CC/C=C/C)ccc3c2F)cc1. The molecular formula is C27H25F3. The summed E-state index contributed by atoms with van der Waals surface area (Å²) in [6, 6.07) is 14.8. The highest BCUT2D eigenvalue weighted by Crippen LogP contribution is 2.33. The van der Waals surface area contributed by atoms with Crippen molar-refractivity contribution in [3.05, 3.63) is 107 Å². The number of allylic oxidation sites excluding steroid dienone is 3. The Morgan fingerprint density at radius 3 is 2.27 bits per heavy atom. The molecule has 3 rings (SSSR count). The van der Waals surface area contributed by atoms with Crippen LogP contribution in [0.1, 0.15) is 42.0 Å². The van der Waals surface area contributed by atoms with E-state index in [0.29, 0.717) is 5.39 Å². The Labute approximate surface area is 176 Å². The van der Waals surface area contributed by atoms with Gasteiger partial charge in [-0.05, 0) is 55.2 Å². The van der Waals surface area contributed by atoms with Crippen LogP contribution < -0.4 is 0 Å². The standard InChI is InChI=1S/C27H25F3/c1-3-5-7-9-20-12-16-23-22(18-20)15-17-24(26(23)29)27(30)25(28)21-13-10-19(11-14-21)8-6-4-2/h3-5,10-18H,2,6-9H2,1H3/b5-3+,27-25?. The van der Waals surface area contributed by atoms with Crippen molar-refractivity contribution in [1.29, 1.82) is 0 Å². The zero-order chi connectivity index (χ0) is 21.5. The maximum Gasteiger partial charge on any atom is 0.169 e. The number of benzene rings is 3. The van der Waals surface area contributed by atoms with Crippen LogP contribution in [0.5, 0.6) is 0 Å². The van der Waals surface area contributed by atoms with Crippen molar-refractivity contribution in [1.82, 2.24) is 0 Å². The predicted octanol–water partition coefficient (Wildman–Crippen LogP) is 8.37. The minimum atomic E-state index is -1.19. The smallest absolute Gasteiger partial charge is 0.169 e. The lowest BCUT2D eigenvalue weighted by atomic mass is 9.99. The van der Waals surface area contributed by atoms with Crippen molar-refractivity contribution >= 4 is 22.4 Å². The van der Waals surface area contributed by atoms with Gasteiger partial charge < -0.3 is 0 Å². The van der Waals surface area contributed by atoms with E-state index < -0.39 is 17.5 Å². The molecule has 0 aromatic heterocycles. The van der Waals surface area contributed by atoms with Crippen LogP contribution in [-0.2, 0) is 12.8 Å². The Morgan fingerprint density at radius 1 is 0.867 bits per heavy atom. The summed E-state index contributed by atoms with van der Waals surface area (Å²) in [6.07, 6.45) is 9.21. The first-order valence-corrected chi connectivity index (χ1v) is 10.1. The van der Waals surface area contributed by atoms with E-state index in [2.05, 4.69) is 12.7 Å². The second-order valence-electron chi connectivity index (χ2n) is 7.24. The van der Waals surface area contributed by atoms with Gasteiger partial charge in [0.05, 0.1) is 0 Å². The van der Waals surface area contributed by atoms with Gasteiger partial charge in [-0.15, -0.1) is 6.58 Å². The second kappa shape index (κ2) is 10.1. The van der Waals surface area contributed by atoms with Crippen molar-refractivity contribution in [3.8, 4) is 0 Å². The first-order chi connectivity index (χ1) is 14.5. The second-order valence-corrected chi connectivity index (χ2v) is 7.24. The molecule has 3 aromatic carbocycles. The lowest BCUT2D eigenvalue weighted by Gasteiger charge is -2.09. The Balaban J connectivity index is 1.91. The minimum Gasteiger partial charge on any atom is -0.206 e. The quantitative estimate of drug-likeness (QED) is 0.260. The normalized spacial score (nSPS) is 12.4. The third-order valence-corrected chi connectivity index (χ3v) is 5.13. The molecule has 0 aliphatic rings. The molecule has 154 valence electrons. The molecule has 0 bridgehead atoms. The first kappa shape index (κ1) is 21.6. The lowest BCUT2D eigenvalue weighted by Crippen LogP contribution is -1.93. The van der Waals surface area contributed by atoms with E-state index in [1.165, 1.54) is 18.2 Å². The molecule has 0 radical (unpaired) electrons. The minimum absolute atomic E-state index is 0.0914. The number of aryl methyl sites for hydroxylation is 2. The number of fused-ring (bicyclic) bond motifs is 1. The molecule has 0 spiro atoms. The molecule has 0 N–H and O–H groups in total. The average molecular weight is 406 g/mol. The van der Waals surface area contributed by atoms with Gasteiger partial charge in [-0.3, -0.25) is 0 Å². The van der Waals surface area contributed by atoms with Crippen LogP contribution in [0.4, 0.5) is 13.2 Å². The first-order valence-electron chi connectivity index (χ1n) is 10.1. The fraction of sp³-hybridized carbons (Fsp3) is 0.185. The van der Waals surface area contributed by atoms with Gasteiger partial charge in [0.1, 0.15) is 5.82 Å². The van der Waals surface area contributed by atoms with E-state index in [9.17, 15) is 13.2 Å². The molecule has 0 fully saturated rings. The number of hydrogen-bond donors (Lipinski definition) is 0. The van der Waals surface area contributed by atoms with Crippen molar-refractivity contribution in [2.45, 2.75) is 32.6 Å². The summed E-state index contributed by atoms with van der Waals surface area (Å²) in [7, 11) is 0. The summed E-state index contributed by atoms with van der Waals surface area (Å²) < 4.78 is 44.5. The van der Waals surface area contributed by atoms with Crippen LogP contribution in [0.2, 0.25) is 0 Å². The van der Waals surface area contributed by atoms with E-state index >= 15 is 0 Å². The predicted molar refractivity (Wildman–Crippen MR) is 121 cm³/mol. The van der Waals surface area contributed by atoms with E-state index in [1.807, 2.05) is 31.2 Å². The fourth-order valence-corrected chi connectivity index (χ4v) is 3.41. The summed E-state index contributed by atoms with van der Waals surface area (Å²) in [5.41, 5.74) is 1.81. The van der Waals surface area contributed by atoms with Crippen molar-refractivity contribution in [2.75, 3.05) is 0 Å². The van der Waals surface area contributed by atoms with Crippen LogP contribution in [0, 0.1) is 5.82 Å². The van der Waals surface area contributed by atoms with Crippen LogP contribution in [0.25, 0.3) is 22.4 Å². The summed E-state index contributed by atoms with van der Waals surface area (Å²) >= 11 is 0. The molecule has 0 heterocycles. The Hall–Kier alpha value is -3.07. The molecule has 0 aliphatic heterocycles. The van der Waals surface area contributed by atoms with Crippen LogP contribution in [-0.4, -0.2) is 0 Å². The van der Waals surface area contributed by atoms with Gasteiger partial charge in [-0.1, -0.05) is 66.8 Å². The zero-order valence-electron chi connectivity index (χ0n) is 17.1.